The average Bonchev–Trinajstić information content (AvgIpc) is 3.29. The van der Waals surface area contributed by atoms with Crippen LogP contribution in [-0.4, -0.2) is 30.1 Å². The van der Waals surface area contributed by atoms with Crippen molar-refractivity contribution in [3.05, 3.63) is 22.7 Å². The standard InChI is InChI=1S/C20H25ClN2O2S/c1-13-10-15(21)11-17-18(13)22-20(26-17)23(12-16-8-5-9-25-16)19(24)14-6-3-2-4-7-14/h10-11,14,16H,2-9,12H2,1H3. The second-order valence-electron chi connectivity index (χ2n) is 7.48. The molecule has 0 spiro atoms. The topological polar surface area (TPSA) is 42.4 Å². The van der Waals surface area contributed by atoms with Gasteiger partial charge in [0.25, 0.3) is 0 Å². The number of thiazole rings is 1. The number of hydrogen-bond acceptors (Lipinski definition) is 4. The smallest absolute Gasteiger partial charge is 0.231 e. The molecule has 1 atom stereocenters. The molecule has 1 amide bonds. The van der Waals surface area contributed by atoms with Crippen LogP contribution in [0.1, 0.15) is 50.5 Å². The first-order chi connectivity index (χ1) is 12.6. The molecular formula is C20H25ClN2O2S. The van der Waals surface area contributed by atoms with Gasteiger partial charge in [0, 0.05) is 17.5 Å². The Morgan fingerprint density at radius 1 is 1.27 bits per heavy atom. The Hall–Kier alpha value is -1.17. The third kappa shape index (κ3) is 3.75. The van der Waals surface area contributed by atoms with Gasteiger partial charge in [0.1, 0.15) is 0 Å². The Morgan fingerprint density at radius 2 is 2.08 bits per heavy atom. The summed E-state index contributed by atoms with van der Waals surface area (Å²) in [5.74, 6) is 0.352. The predicted octanol–water partition coefficient (Wildman–Crippen LogP) is 5.35. The van der Waals surface area contributed by atoms with E-state index >= 15 is 0 Å². The molecule has 140 valence electrons. The molecule has 4 rings (SSSR count). The van der Waals surface area contributed by atoms with Gasteiger partial charge in [-0.3, -0.25) is 9.69 Å². The molecule has 1 aromatic heterocycles. The summed E-state index contributed by atoms with van der Waals surface area (Å²) in [7, 11) is 0. The molecule has 0 bridgehead atoms. The number of amides is 1. The van der Waals surface area contributed by atoms with Gasteiger partial charge in [-0.05, 0) is 50.3 Å². The van der Waals surface area contributed by atoms with Crippen molar-refractivity contribution < 1.29 is 9.53 Å². The molecule has 0 N–H and O–H groups in total. The van der Waals surface area contributed by atoms with Gasteiger partial charge in [0.2, 0.25) is 5.91 Å². The van der Waals surface area contributed by atoms with Crippen molar-refractivity contribution in [2.45, 2.75) is 58.0 Å². The number of aryl methyl sites for hydroxylation is 1. The average molecular weight is 393 g/mol. The summed E-state index contributed by atoms with van der Waals surface area (Å²) in [6.45, 7) is 3.43. The fourth-order valence-corrected chi connectivity index (χ4v) is 5.52. The largest absolute Gasteiger partial charge is 0.376 e. The maximum Gasteiger partial charge on any atom is 0.231 e. The fourth-order valence-electron chi connectivity index (χ4n) is 4.08. The van der Waals surface area contributed by atoms with E-state index in [1.807, 2.05) is 24.0 Å². The van der Waals surface area contributed by atoms with Crippen molar-refractivity contribution in [2.75, 3.05) is 18.1 Å². The number of fused-ring (bicyclic) bond motifs is 1. The number of nitrogens with zero attached hydrogens (tertiary/aromatic N) is 2. The van der Waals surface area contributed by atoms with Gasteiger partial charge in [-0.15, -0.1) is 0 Å². The second-order valence-corrected chi connectivity index (χ2v) is 8.93. The van der Waals surface area contributed by atoms with Crippen molar-refractivity contribution in [1.29, 1.82) is 0 Å². The molecule has 2 aliphatic rings. The number of hydrogen-bond donors (Lipinski definition) is 0. The van der Waals surface area contributed by atoms with Crippen LogP contribution in [-0.2, 0) is 9.53 Å². The lowest BCUT2D eigenvalue weighted by atomic mass is 9.88. The highest BCUT2D eigenvalue weighted by Gasteiger charge is 2.31. The number of benzene rings is 1. The van der Waals surface area contributed by atoms with E-state index in [9.17, 15) is 4.79 Å². The molecule has 1 aliphatic carbocycles. The summed E-state index contributed by atoms with van der Waals surface area (Å²) < 4.78 is 6.86. The van der Waals surface area contributed by atoms with Crippen LogP contribution in [0, 0.1) is 12.8 Å². The lowest BCUT2D eigenvalue weighted by Crippen LogP contribution is -2.41. The number of ether oxygens (including phenoxy) is 1. The summed E-state index contributed by atoms with van der Waals surface area (Å²) in [6, 6.07) is 3.88. The number of halogens is 1. The van der Waals surface area contributed by atoms with Gasteiger partial charge in [0.15, 0.2) is 5.13 Å². The van der Waals surface area contributed by atoms with Crippen LogP contribution in [0.25, 0.3) is 10.2 Å². The zero-order valence-corrected chi connectivity index (χ0v) is 16.7. The van der Waals surface area contributed by atoms with E-state index in [1.165, 1.54) is 6.42 Å². The third-order valence-electron chi connectivity index (χ3n) is 5.50. The van der Waals surface area contributed by atoms with Gasteiger partial charge >= 0.3 is 0 Å². The number of anilines is 1. The summed E-state index contributed by atoms with van der Waals surface area (Å²) in [5, 5.41) is 1.51. The number of aromatic nitrogens is 1. The molecule has 1 aliphatic heterocycles. The Balaban J connectivity index is 1.67. The summed E-state index contributed by atoms with van der Waals surface area (Å²) in [6.07, 6.45) is 7.76. The van der Waals surface area contributed by atoms with Crippen molar-refractivity contribution in [3.8, 4) is 0 Å². The summed E-state index contributed by atoms with van der Waals surface area (Å²) in [5.41, 5.74) is 2.00. The van der Waals surface area contributed by atoms with Crippen LogP contribution in [0.15, 0.2) is 12.1 Å². The molecule has 2 fully saturated rings. The first-order valence-corrected chi connectivity index (χ1v) is 10.8. The SMILES string of the molecule is Cc1cc(Cl)cc2sc(N(CC3CCCO3)C(=O)C3CCCCC3)nc12. The van der Waals surface area contributed by atoms with Crippen molar-refractivity contribution in [3.63, 3.8) is 0 Å². The highest BCUT2D eigenvalue weighted by molar-refractivity contribution is 7.22. The molecule has 1 unspecified atom stereocenters. The molecule has 26 heavy (non-hydrogen) atoms. The minimum Gasteiger partial charge on any atom is -0.376 e. The zero-order valence-electron chi connectivity index (χ0n) is 15.2. The van der Waals surface area contributed by atoms with Crippen LogP contribution in [0.5, 0.6) is 0 Å². The normalized spacial score (nSPS) is 21.4. The minimum absolute atomic E-state index is 0.124. The molecule has 1 saturated carbocycles. The number of carbonyl (C=O) groups excluding carboxylic acids is 1. The molecular weight excluding hydrogens is 368 g/mol. The van der Waals surface area contributed by atoms with Gasteiger partial charge in [0.05, 0.1) is 22.9 Å². The lowest BCUT2D eigenvalue weighted by molar-refractivity contribution is -0.123. The van der Waals surface area contributed by atoms with Crippen LogP contribution >= 0.6 is 22.9 Å². The van der Waals surface area contributed by atoms with Gasteiger partial charge in [-0.1, -0.05) is 42.2 Å². The number of rotatable bonds is 4. The van der Waals surface area contributed by atoms with Crippen LogP contribution < -0.4 is 4.90 Å². The van der Waals surface area contributed by atoms with Gasteiger partial charge in [-0.2, -0.15) is 0 Å². The van der Waals surface area contributed by atoms with E-state index in [0.717, 1.165) is 71.1 Å². The van der Waals surface area contributed by atoms with Crippen molar-refractivity contribution in [1.82, 2.24) is 4.98 Å². The Labute approximate surface area is 163 Å². The summed E-state index contributed by atoms with van der Waals surface area (Å²) >= 11 is 7.78. The van der Waals surface area contributed by atoms with E-state index in [2.05, 4.69) is 0 Å². The van der Waals surface area contributed by atoms with Gasteiger partial charge in [-0.25, -0.2) is 4.98 Å². The molecule has 2 aromatic rings. The lowest BCUT2D eigenvalue weighted by Gasteiger charge is -2.29. The molecule has 0 radical (unpaired) electrons. The van der Waals surface area contributed by atoms with Crippen LogP contribution in [0.3, 0.4) is 0 Å². The molecule has 1 saturated heterocycles. The quantitative estimate of drug-likeness (QED) is 0.704. The first-order valence-electron chi connectivity index (χ1n) is 9.61. The Kier molecular flexibility index (Phi) is 5.48. The highest BCUT2D eigenvalue weighted by Crippen LogP contribution is 2.35. The molecule has 1 aromatic carbocycles. The van der Waals surface area contributed by atoms with Crippen LogP contribution in [0.4, 0.5) is 5.13 Å². The monoisotopic (exact) mass is 392 g/mol. The van der Waals surface area contributed by atoms with Crippen LogP contribution in [0.2, 0.25) is 5.02 Å². The first kappa shape index (κ1) is 18.2. The van der Waals surface area contributed by atoms with Crippen molar-refractivity contribution in [2.24, 2.45) is 5.92 Å². The summed E-state index contributed by atoms with van der Waals surface area (Å²) in [4.78, 5) is 20.1. The maximum absolute atomic E-state index is 13.3. The van der Waals surface area contributed by atoms with E-state index in [4.69, 9.17) is 21.3 Å². The minimum atomic E-state index is 0.124. The molecule has 6 heteroatoms. The Morgan fingerprint density at radius 3 is 2.81 bits per heavy atom. The van der Waals surface area contributed by atoms with Crippen molar-refractivity contribution >= 4 is 44.2 Å². The predicted molar refractivity (Wildman–Crippen MR) is 107 cm³/mol. The highest BCUT2D eigenvalue weighted by atomic mass is 35.5. The fraction of sp³-hybridized carbons (Fsp3) is 0.600. The molecule has 4 nitrogen and oxygen atoms in total. The van der Waals surface area contributed by atoms with E-state index < -0.39 is 0 Å². The second kappa shape index (κ2) is 7.83. The van der Waals surface area contributed by atoms with E-state index in [-0.39, 0.29) is 17.9 Å². The third-order valence-corrected chi connectivity index (χ3v) is 6.74. The van der Waals surface area contributed by atoms with Gasteiger partial charge < -0.3 is 4.74 Å². The molecule has 2 heterocycles. The zero-order chi connectivity index (χ0) is 18.1. The Bertz CT molecular complexity index is 794. The van der Waals surface area contributed by atoms with E-state index in [1.54, 1.807) is 11.3 Å². The number of carbonyl (C=O) groups is 1. The maximum atomic E-state index is 13.3. The van der Waals surface area contributed by atoms with E-state index in [0.29, 0.717) is 6.54 Å².